The lowest BCUT2D eigenvalue weighted by molar-refractivity contribution is -0.145. The van der Waals surface area contributed by atoms with Crippen molar-refractivity contribution in [1.82, 2.24) is 14.8 Å². The van der Waals surface area contributed by atoms with Crippen LogP contribution in [0.25, 0.3) is 10.6 Å². The molecule has 1 aromatic carbocycles. The molecule has 7 heteroatoms. The number of nitrogens with zero attached hydrogens (tertiary/aromatic N) is 3. The average Bonchev–Trinajstić information content (AvgIpc) is 3.27. The highest BCUT2D eigenvalue weighted by molar-refractivity contribution is 7.13. The fourth-order valence-electron chi connectivity index (χ4n) is 2.36. The van der Waals surface area contributed by atoms with Crippen LogP contribution in [-0.2, 0) is 23.2 Å². The number of aryl methyl sites for hydroxylation is 2. The summed E-state index contributed by atoms with van der Waals surface area (Å²) in [5.41, 5.74) is 3.32. The van der Waals surface area contributed by atoms with E-state index in [1.165, 1.54) is 11.3 Å². The Kier molecular flexibility index (Phi) is 5.58. The summed E-state index contributed by atoms with van der Waals surface area (Å²) in [4.78, 5) is 28.4. The molecule has 0 unspecified atom stereocenters. The van der Waals surface area contributed by atoms with E-state index in [0.717, 1.165) is 16.1 Å². The Hall–Kier alpha value is -2.80. The summed E-state index contributed by atoms with van der Waals surface area (Å²) in [6.45, 7) is 2.07. The summed E-state index contributed by atoms with van der Waals surface area (Å²) in [6.07, 6.45) is 3.82. The van der Waals surface area contributed by atoms with Gasteiger partial charge in [-0.15, -0.1) is 11.3 Å². The van der Waals surface area contributed by atoms with Gasteiger partial charge in [-0.2, -0.15) is 5.10 Å². The maximum absolute atomic E-state index is 12.1. The molecule has 0 saturated heterocycles. The molecular weight excluding hydrogens is 350 g/mol. The Balaban J connectivity index is 1.46. The van der Waals surface area contributed by atoms with E-state index in [1.54, 1.807) is 23.0 Å². The summed E-state index contributed by atoms with van der Waals surface area (Å²) in [5.74, 6) is -0.462. The zero-order valence-corrected chi connectivity index (χ0v) is 15.5. The SMILES string of the molecule is Cc1ccc(C(=O)CCC(=O)OCc2csc(-c3cnn(C)c3)n2)cc1. The van der Waals surface area contributed by atoms with Crippen LogP contribution in [0.4, 0.5) is 0 Å². The van der Waals surface area contributed by atoms with E-state index in [-0.39, 0.29) is 25.2 Å². The van der Waals surface area contributed by atoms with Gasteiger partial charge in [-0.3, -0.25) is 14.3 Å². The molecule has 0 fully saturated rings. The first-order chi connectivity index (χ1) is 12.5. The van der Waals surface area contributed by atoms with Gasteiger partial charge in [0.15, 0.2) is 5.78 Å². The predicted octanol–water partition coefficient (Wildman–Crippen LogP) is 3.56. The molecule has 0 spiro atoms. The minimum absolute atomic E-state index is 0.0607. The number of esters is 1. The quantitative estimate of drug-likeness (QED) is 0.470. The molecule has 3 aromatic rings. The van der Waals surface area contributed by atoms with E-state index in [0.29, 0.717) is 11.3 Å². The number of thiazole rings is 1. The maximum Gasteiger partial charge on any atom is 0.306 e. The molecule has 26 heavy (non-hydrogen) atoms. The van der Waals surface area contributed by atoms with Gasteiger partial charge in [0.1, 0.15) is 11.6 Å². The number of ether oxygens (including phenoxy) is 1. The Labute approximate surface area is 155 Å². The topological polar surface area (TPSA) is 74.1 Å². The van der Waals surface area contributed by atoms with Gasteiger partial charge in [-0.05, 0) is 6.92 Å². The van der Waals surface area contributed by atoms with Crippen molar-refractivity contribution < 1.29 is 14.3 Å². The third-order valence-electron chi connectivity index (χ3n) is 3.81. The van der Waals surface area contributed by atoms with Crippen LogP contribution in [0.15, 0.2) is 42.0 Å². The summed E-state index contributed by atoms with van der Waals surface area (Å²) in [6, 6.07) is 7.32. The van der Waals surface area contributed by atoms with E-state index in [2.05, 4.69) is 10.1 Å². The Morgan fingerprint density at radius 3 is 2.65 bits per heavy atom. The number of benzene rings is 1. The van der Waals surface area contributed by atoms with Crippen LogP contribution in [0.3, 0.4) is 0 Å². The normalized spacial score (nSPS) is 10.7. The molecule has 3 rings (SSSR count). The van der Waals surface area contributed by atoms with Gasteiger partial charge < -0.3 is 4.74 Å². The summed E-state index contributed by atoms with van der Waals surface area (Å²) in [7, 11) is 1.84. The van der Waals surface area contributed by atoms with Gasteiger partial charge in [-0.1, -0.05) is 29.8 Å². The molecular formula is C19H19N3O3S. The lowest BCUT2D eigenvalue weighted by atomic mass is 10.1. The first-order valence-electron chi connectivity index (χ1n) is 8.20. The standard InChI is InChI=1S/C19H19N3O3S/c1-13-3-5-14(6-4-13)17(23)7-8-18(24)25-11-16-12-26-19(21-16)15-9-20-22(2)10-15/h3-6,9-10,12H,7-8,11H2,1-2H3. The number of Topliss-reactive ketones (excluding diaryl/α,β-unsaturated/α-hetero) is 1. The molecule has 134 valence electrons. The van der Waals surface area contributed by atoms with Crippen LogP contribution < -0.4 is 0 Å². The van der Waals surface area contributed by atoms with Crippen LogP contribution in [0.2, 0.25) is 0 Å². The van der Waals surface area contributed by atoms with Crippen LogP contribution in [0.5, 0.6) is 0 Å². The van der Waals surface area contributed by atoms with Crippen molar-refractivity contribution in [2.75, 3.05) is 0 Å². The molecule has 0 amide bonds. The van der Waals surface area contributed by atoms with Crippen molar-refractivity contribution in [2.24, 2.45) is 7.05 Å². The molecule has 0 N–H and O–H groups in total. The average molecular weight is 369 g/mol. The second kappa shape index (κ2) is 8.05. The maximum atomic E-state index is 12.1. The highest BCUT2D eigenvalue weighted by Crippen LogP contribution is 2.23. The van der Waals surface area contributed by atoms with Crippen LogP contribution >= 0.6 is 11.3 Å². The van der Waals surface area contributed by atoms with E-state index in [9.17, 15) is 9.59 Å². The largest absolute Gasteiger partial charge is 0.459 e. The minimum atomic E-state index is -0.401. The fraction of sp³-hybridized carbons (Fsp3) is 0.263. The van der Waals surface area contributed by atoms with Crippen molar-refractivity contribution in [3.63, 3.8) is 0 Å². The molecule has 0 bridgehead atoms. The zero-order valence-electron chi connectivity index (χ0n) is 14.6. The van der Waals surface area contributed by atoms with E-state index in [1.807, 2.05) is 37.7 Å². The molecule has 0 aliphatic rings. The van der Waals surface area contributed by atoms with Gasteiger partial charge >= 0.3 is 5.97 Å². The number of carbonyl (C=O) groups is 2. The zero-order chi connectivity index (χ0) is 18.5. The van der Waals surface area contributed by atoms with E-state index >= 15 is 0 Å². The molecule has 0 aliphatic carbocycles. The molecule has 0 radical (unpaired) electrons. The van der Waals surface area contributed by atoms with E-state index < -0.39 is 5.97 Å². The van der Waals surface area contributed by atoms with Crippen LogP contribution in [0.1, 0.15) is 34.5 Å². The summed E-state index contributed by atoms with van der Waals surface area (Å²) in [5, 5.41) is 6.80. The lowest BCUT2D eigenvalue weighted by Gasteiger charge is -2.03. The second-order valence-corrected chi connectivity index (χ2v) is 6.85. The number of aromatic nitrogens is 3. The highest BCUT2D eigenvalue weighted by Gasteiger charge is 2.12. The summed E-state index contributed by atoms with van der Waals surface area (Å²) < 4.78 is 6.93. The summed E-state index contributed by atoms with van der Waals surface area (Å²) >= 11 is 1.47. The number of hydrogen-bond donors (Lipinski definition) is 0. The molecule has 6 nitrogen and oxygen atoms in total. The van der Waals surface area contributed by atoms with Gasteiger partial charge in [0, 0.05) is 36.2 Å². The van der Waals surface area contributed by atoms with Gasteiger partial charge in [0.05, 0.1) is 18.3 Å². The lowest BCUT2D eigenvalue weighted by Crippen LogP contribution is -2.08. The first kappa shape index (κ1) is 18.0. The predicted molar refractivity (Wildman–Crippen MR) is 98.9 cm³/mol. The highest BCUT2D eigenvalue weighted by atomic mass is 32.1. The third-order valence-corrected chi connectivity index (χ3v) is 4.75. The first-order valence-corrected chi connectivity index (χ1v) is 9.08. The Morgan fingerprint density at radius 2 is 1.96 bits per heavy atom. The van der Waals surface area contributed by atoms with Crippen molar-refractivity contribution >= 4 is 23.1 Å². The van der Waals surface area contributed by atoms with Gasteiger partial charge in [-0.25, -0.2) is 4.98 Å². The molecule has 0 aliphatic heterocycles. The molecule has 2 aromatic heterocycles. The fourth-order valence-corrected chi connectivity index (χ4v) is 3.14. The smallest absolute Gasteiger partial charge is 0.306 e. The number of ketones is 1. The van der Waals surface area contributed by atoms with Crippen molar-refractivity contribution in [1.29, 1.82) is 0 Å². The molecule has 0 saturated carbocycles. The number of hydrogen-bond acceptors (Lipinski definition) is 6. The second-order valence-electron chi connectivity index (χ2n) is 6.00. The van der Waals surface area contributed by atoms with E-state index in [4.69, 9.17) is 4.74 Å². The molecule has 2 heterocycles. The van der Waals surface area contributed by atoms with Crippen LogP contribution in [0, 0.1) is 6.92 Å². The minimum Gasteiger partial charge on any atom is -0.459 e. The Morgan fingerprint density at radius 1 is 1.19 bits per heavy atom. The van der Waals surface area contributed by atoms with Crippen molar-refractivity contribution in [3.05, 3.63) is 58.9 Å². The Bertz CT molecular complexity index is 912. The van der Waals surface area contributed by atoms with Crippen molar-refractivity contribution in [3.8, 4) is 10.6 Å². The van der Waals surface area contributed by atoms with Crippen LogP contribution in [-0.4, -0.2) is 26.5 Å². The monoisotopic (exact) mass is 369 g/mol. The number of rotatable bonds is 7. The number of carbonyl (C=O) groups excluding carboxylic acids is 2. The van der Waals surface area contributed by atoms with Gasteiger partial charge in [0.2, 0.25) is 0 Å². The van der Waals surface area contributed by atoms with Crippen molar-refractivity contribution in [2.45, 2.75) is 26.4 Å². The van der Waals surface area contributed by atoms with Gasteiger partial charge in [0.25, 0.3) is 0 Å². The third kappa shape index (κ3) is 4.64. The molecule has 0 atom stereocenters.